The van der Waals surface area contributed by atoms with Gasteiger partial charge >= 0.3 is 0 Å². The van der Waals surface area contributed by atoms with Crippen LogP contribution in [-0.2, 0) is 27.3 Å². The van der Waals surface area contributed by atoms with Crippen LogP contribution in [0.2, 0.25) is 0 Å². The second-order valence-electron chi connectivity index (χ2n) is 8.84. The molecule has 3 aromatic rings. The van der Waals surface area contributed by atoms with Crippen molar-refractivity contribution in [3.05, 3.63) is 95.8 Å². The van der Waals surface area contributed by atoms with Crippen molar-refractivity contribution >= 4 is 23.2 Å². The van der Waals surface area contributed by atoms with E-state index in [1.807, 2.05) is 61.5 Å². The van der Waals surface area contributed by atoms with Gasteiger partial charge in [0.15, 0.2) is 0 Å². The minimum Gasteiger partial charge on any atom is -0.378 e. The van der Waals surface area contributed by atoms with Crippen molar-refractivity contribution < 1.29 is 18.7 Å². The first-order chi connectivity index (χ1) is 17.5. The molecule has 0 aliphatic carbocycles. The van der Waals surface area contributed by atoms with Crippen molar-refractivity contribution in [3.63, 3.8) is 0 Å². The highest BCUT2D eigenvalue weighted by molar-refractivity contribution is 5.97. The molecule has 3 aromatic carbocycles. The second kappa shape index (κ2) is 12.3. The van der Waals surface area contributed by atoms with Crippen LogP contribution in [0.1, 0.15) is 24.5 Å². The van der Waals surface area contributed by atoms with Gasteiger partial charge in [-0.15, -0.1) is 0 Å². The molecule has 1 heterocycles. The van der Waals surface area contributed by atoms with E-state index in [4.69, 9.17) is 4.74 Å². The first-order valence-electron chi connectivity index (χ1n) is 12.4. The number of carbonyl (C=O) groups excluding carboxylic acids is 2. The van der Waals surface area contributed by atoms with E-state index in [0.29, 0.717) is 30.9 Å². The number of halogens is 1. The topological polar surface area (TPSA) is 61.9 Å². The largest absolute Gasteiger partial charge is 0.378 e. The maximum atomic E-state index is 14.5. The highest BCUT2D eigenvalue weighted by atomic mass is 19.1. The molecule has 1 atom stereocenters. The molecule has 0 aromatic heterocycles. The lowest BCUT2D eigenvalue weighted by Crippen LogP contribution is -2.47. The van der Waals surface area contributed by atoms with Gasteiger partial charge < -0.3 is 19.9 Å². The van der Waals surface area contributed by atoms with E-state index in [2.05, 4.69) is 10.2 Å². The molecular weight excluding hydrogens is 457 g/mol. The lowest BCUT2D eigenvalue weighted by molar-refractivity contribution is -0.139. The summed E-state index contributed by atoms with van der Waals surface area (Å²) in [4.78, 5) is 30.5. The molecule has 7 heteroatoms. The molecule has 0 bridgehead atoms. The standard InChI is InChI=1S/C29H32FN3O3/c1-2-27(29(35)31-24-12-14-25(15-13-24)32-16-18-36-19-17-32)33(21-23-10-6-7-11-26(23)30)28(34)20-22-8-4-3-5-9-22/h3-15,27H,2,16-21H2,1H3,(H,31,35). The normalized spacial score (nSPS) is 14.2. The van der Waals surface area contributed by atoms with Gasteiger partial charge in [0.25, 0.3) is 0 Å². The molecule has 4 rings (SSSR count). The van der Waals surface area contributed by atoms with Crippen LogP contribution in [0.5, 0.6) is 0 Å². The van der Waals surface area contributed by atoms with Gasteiger partial charge in [0.2, 0.25) is 11.8 Å². The summed E-state index contributed by atoms with van der Waals surface area (Å²) in [5.41, 5.74) is 2.94. The summed E-state index contributed by atoms with van der Waals surface area (Å²) in [5.74, 6) is -0.924. The Morgan fingerprint density at radius 2 is 1.64 bits per heavy atom. The quantitative estimate of drug-likeness (QED) is 0.475. The number of ether oxygens (including phenoxy) is 1. The number of rotatable bonds is 9. The van der Waals surface area contributed by atoms with Gasteiger partial charge in [-0.2, -0.15) is 0 Å². The highest BCUT2D eigenvalue weighted by Gasteiger charge is 2.29. The molecule has 36 heavy (non-hydrogen) atoms. The van der Waals surface area contributed by atoms with Crippen LogP contribution in [0, 0.1) is 5.82 Å². The third-order valence-electron chi connectivity index (χ3n) is 6.39. The average molecular weight is 490 g/mol. The Labute approximate surface area is 211 Å². The second-order valence-corrected chi connectivity index (χ2v) is 8.84. The maximum absolute atomic E-state index is 14.5. The Morgan fingerprint density at radius 3 is 2.31 bits per heavy atom. The highest BCUT2D eigenvalue weighted by Crippen LogP contribution is 2.21. The number of anilines is 2. The molecule has 188 valence electrons. The monoisotopic (exact) mass is 489 g/mol. The minimum absolute atomic E-state index is 0.0141. The summed E-state index contributed by atoms with van der Waals surface area (Å²) >= 11 is 0. The van der Waals surface area contributed by atoms with Crippen molar-refractivity contribution in [1.29, 1.82) is 0 Å². The summed E-state index contributed by atoms with van der Waals surface area (Å²) in [6.45, 7) is 4.93. The molecular formula is C29H32FN3O3. The number of benzene rings is 3. The summed E-state index contributed by atoms with van der Waals surface area (Å²) in [6.07, 6.45) is 0.528. The molecule has 1 fully saturated rings. The molecule has 0 saturated carbocycles. The Hall–Kier alpha value is -3.71. The number of amides is 2. The minimum atomic E-state index is -0.750. The van der Waals surface area contributed by atoms with Crippen molar-refractivity contribution in [3.8, 4) is 0 Å². The summed E-state index contributed by atoms with van der Waals surface area (Å²) in [6, 6.07) is 22.6. The zero-order valence-electron chi connectivity index (χ0n) is 20.5. The van der Waals surface area contributed by atoms with E-state index in [1.54, 1.807) is 18.2 Å². The van der Waals surface area contributed by atoms with Crippen LogP contribution in [0.15, 0.2) is 78.9 Å². The lowest BCUT2D eigenvalue weighted by Gasteiger charge is -2.31. The van der Waals surface area contributed by atoms with Gasteiger partial charge in [-0.1, -0.05) is 55.5 Å². The van der Waals surface area contributed by atoms with Crippen LogP contribution in [0.4, 0.5) is 15.8 Å². The van der Waals surface area contributed by atoms with E-state index in [9.17, 15) is 14.0 Å². The molecule has 0 spiro atoms. The molecule has 1 unspecified atom stereocenters. The van der Waals surface area contributed by atoms with Crippen molar-refractivity contribution in [1.82, 2.24) is 4.90 Å². The van der Waals surface area contributed by atoms with Gasteiger partial charge in [-0.25, -0.2) is 4.39 Å². The van der Waals surface area contributed by atoms with E-state index >= 15 is 0 Å². The van der Waals surface area contributed by atoms with Crippen molar-refractivity contribution in [2.24, 2.45) is 0 Å². The fourth-order valence-electron chi connectivity index (χ4n) is 4.40. The number of nitrogens with one attached hydrogen (secondary N) is 1. The van der Waals surface area contributed by atoms with Gasteiger partial charge in [0, 0.05) is 36.6 Å². The van der Waals surface area contributed by atoms with Crippen molar-refractivity contribution in [2.75, 3.05) is 36.5 Å². The number of nitrogens with zero attached hydrogens (tertiary/aromatic N) is 2. The first kappa shape index (κ1) is 25.4. The fourth-order valence-corrected chi connectivity index (χ4v) is 4.40. The van der Waals surface area contributed by atoms with Gasteiger partial charge in [0.05, 0.1) is 19.6 Å². The third kappa shape index (κ3) is 6.49. The molecule has 1 aliphatic rings. The van der Waals surface area contributed by atoms with Gasteiger partial charge in [0.1, 0.15) is 11.9 Å². The molecule has 2 amide bonds. The lowest BCUT2D eigenvalue weighted by atomic mass is 10.1. The maximum Gasteiger partial charge on any atom is 0.247 e. The van der Waals surface area contributed by atoms with Gasteiger partial charge in [-0.05, 0) is 42.3 Å². The third-order valence-corrected chi connectivity index (χ3v) is 6.39. The Balaban J connectivity index is 1.51. The van der Waals surface area contributed by atoms with Gasteiger partial charge in [-0.3, -0.25) is 9.59 Å². The smallest absolute Gasteiger partial charge is 0.247 e. The van der Waals surface area contributed by atoms with Crippen LogP contribution in [-0.4, -0.2) is 49.1 Å². The predicted octanol–water partition coefficient (Wildman–Crippen LogP) is 4.65. The van der Waals surface area contributed by atoms with Crippen LogP contribution >= 0.6 is 0 Å². The summed E-state index contributed by atoms with van der Waals surface area (Å²) < 4.78 is 19.9. The average Bonchev–Trinajstić information content (AvgIpc) is 2.91. The zero-order valence-corrected chi connectivity index (χ0v) is 20.5. The van der Waals surface area contributed by atoms with Crippen LogP contribution in [0.3, 0.4) is 0 Å². The zero-order chi connectivity index (χ0) is 25.3. The van der Waals surface area contributed by atoms with E-state index < -0.39 is 11.9 Å². The van der Waals surface area contributed by atoms with E-state index in [-0.39, 0.29) is 24.8 Å². The van der Waals surface area contributed by atoms with Crippen LogP contribution < -0.4 is 10.2 Å². The molecule has 6 nitrogen and oxygen atoms in total. The SMILES string of the molecule is CCC(C(=O)Nc1ccc(N2CCOCC2)cc1)N(Cc1ccccc1F)C(=O)Cc1ccccc1. The molecule has 1 saturated heterocycles. The van der Waals surface area contributed by atoms with Crippen LogP contribution in [0.25, 0.3) is 0 Å². The molecule has 0 radical (unpaired) electrons. The van der Waals surface area contributed by atoms with E-state index in [0.717, 1.165) is 24.3 Å². The Kier molecular flexibility index (Phi) is 8.68. The first-order valence-corrected chi connectivity index (χ1v) is 12.4. The number of carbonyl (C=O) groups is 2. The fraction of sp³-hybridized carbons (Fsp3) is 0.310. The molecule has 1 N–H and O–H groups in total. The number of morpholine rings is 1. The summed E-state index contributed by atoms with van der Waals surface area (Å²) in [5, 5.41) is 2.95. The Bertz CT molecular complexity index is 1150. The number of hydrogen-bond donors (Lipinski definition) is 1. The molecule has 1 aliphatic heterocycles. The predicted molar refractivity (Wildman–Crippen MR) is 139 cm³/mol. The number of hydrogen-bond acceptors (Lipinski definition) is 4. The summed E-state index contributed by atoms with van der Waals surface area (Å²) in [7, 11) is 0. The Morgan fingerprint density at radius 1 is 0.972 bits per heavy atom. The van der Waals surface area contributed by atoms with Crippen molar-refractivity contribution in [2.45, 2.75) is 32.4 Å². The van der Waals surface area contributed by atoms with E-state index in [1.165, 1.54) is 11.0 Å².